The first-order valence-corrected chi connectivity index (χ1v) is 27.8. The number of anilines is 3. The number of nitrogens with one attached hydrogen (secondary N) is 2. The number of rotatable bonds is 9. The van der Waals surface area contributed by atoms with Crippen LogP contribution < -0.4 is 15.5 Å². The largest absolute Gasteiger partial charge is 0.382 e. The molecule has 2 saturated heterocycles. The van der Waals surface area contributed by atoms with E-state index >= 15 is 8.78 Å². The Morgan fingerprint density at radius 1 is 0.602 bits per heavy atom. The van der Waals surface area contributed by atoms with Gasteiger partial charge in [-0.1, -0.05) is 109 Å². The van der Waals surface area contributed by atoms with Crippen molar-refractivity contribution in [1.82, 2.24) is 50.1 Å². The smallest absolute Gasteiger partial charge is 0.246 e. The molecular formula is C63H58Cl2F2N14O2. The Morgan fingerprint density at radius 2 is 1.04 bits per heavy atom. The van der Waals surface area contributed by atoms with Crippen LogP contribution in [0.5, 0.6) is 0 Å². The second-order valence-corrected chi connectivity index (χ2v) is 21.9. The van der Waals surface area contributed by atoms with Gasteiger partial charge in [-0.2, -0.15) is 10.2 Å². The normalized spacial score (nSPS) is 17.2. The van der Waals surface area contributed by atoms with E-state index in [1.165, 1.54) is 24.8 Å². The number of fused-ring (bicyclic) bond motifs is 4. The van der Waals surface area contributed by atoms with Crippen LogP contribution in [0.3, 0.4) is 0 Å². The average Bonchev–Trinajstić information content (AvgIpc) is 4.32. The van der Waals surface area contributed by atoms with Crippen molar-refractivity contribution in [3.63, 3.8) is 0 Å². The van der Waals surface area contributed by atoms with Gasteiger partial charge in [0.25, 0.3) is 0 Å². The van der Waals surface area contributed by atoms with Gasteiger partial charge in [0.1, 0.15) is 35.3 Å². The van der Waals surface area contributed by atoms with Gasteiger partial charge in [-0.15, -0.1) is 0 Å². The number of aliphatic imine (C=N–C) groups is 1. The lowest BCUT2D eigenvalue weighted by Crippen LogP contribution is -2.58. The molecule has 2 aliphatic rings. The second-order valence-electron chi connectivity index (χ2n) is 21.1. The molecule has 10 aromatic rings. The minimum atomic E-state index is -0.555. The van der Waals surface area contributed by atoms with E-state index in [9.17, 15) is 9.59 Å². The van der Waals surface area contributed by atoms with Crippen LogP contribution in [-0.2, 0) is 9.59 Å². The number of amides is 2. The number of H-pyrrole nitrogens is 2. The molecule has 0 radical (unpaired) electrons. The molecule has 6 heterocycles. The monoisotopic (exact) mass is 1150 g/mol. The van der Waals surface area contributed by atoms with Gasteiger partial charge in [-0.25, -0.2) is 33.7 Å². The summed E-state index contributed by atoms with van der Waals surface area (Å²) in [5, 5.41) is 17.4. The third kappa shape index (κ3) is 10.0. The highest BCUT2D eigenvalue weighted by Crippen LogP contribution is 2.46. The van der Waals surface area contributed by atoms with Crippen molar-refractivity contribution in [1.29, 1.82) is 0 Å². The number of hydrogen-bond acceptors (Lipinski definition) is 12. The van der Waals surface area contributed by atoms with Crippen LogP contribution in [-0.4, -0.2) is 118 Å². The van der Waals surface area contributed by atoms with Crippen molar-refractivity contribution in [3.05, 3.63) is 179 Å². The van der Waals surface area contributed by atoms with Crippen molar-refractivity contribution < 1.29 is 18.4 Å². The van der Waals surface area contributed by atoms with E-state index in [0.717, 1.165) is 28.0 Å². The SMILES string of the molecule is C=CC(=O)N1C[C@H](C)N(c2ncnc3c(F)c(-c4c(C)ccc5[nH]nc(N)c45)c(Cl)cc23)C[C@H]1C.C=CC(=O)N1C[C@H](C)N(c2ncnc3c(F)c(-c4c(C)ccc5[nH]nc(N=C(c6ccccc6)c6ccccc6)c45)c(Cl)cc23)C[C@H]1C. The van der Waals surface area contributed by atoms with Gasteiger partial charge in [-0.3, -0.25) is 19.8 Å². The summed E-state index contributed by atoms with van der Waals surface area (Å²) in [4.78, 5) is 55.3. The fourth-order valence-corrected chi connectivity index (χ4v) is 12.2. The minimum Gasteiger partial charge on any atom is -0.382 e. The van der Waals surface area contributed by atoms with Crippen molar-refractivity contribution in [2.45, 2.75) is 65.7 Å². The van der Waals surface area contributed by atoms with Gasteiger partial charge in [-0.05, 0) is 89.1 Å². The van der Waals surface area contributed by atoms with E-state index in [0.29, 0.717) is 87.3 Å². The zero-order valence-corrected chi connectivity index (χ0v) is 47.9. The summed E-state index contributed by atoms with van der Waals surface area (Å²) in [6.45, 7) is 21.0. The molecule has 2 aliphatic heterocycles. The average molecular weight is 1150 g/mol. The number of benzene rings is 6. The highest BCUT2D eigenvalue weighted by molar-refractivity contribution is 6.36. The Morgan fingerprint density at radius 3 is 1.49 bits per heavy atom. The Labute approximate surface area is 487 Å². The molecule has 0 spiro atoms. The summed E-state index contributed by atoms with van der Waals surface area (Å²) >= 11 is 13.8. The van der Waals surface area contributed by atoms with Crippen LogP contribution in [0.25, 0.3) is 65.9 Å². The topological polar surface area (TPSA) is 194 Å². The minimum absolute atomic E-state index is 0.0589. The lowest BCUT2D eigenvalue weighted by molar-refractivity contribution is -0.129. The van der Waals surface area contributed by atoms with Crippen LogP contribution in [0.2, 0.25) is 10.0 Å². The number of aromatic amines is 2. The fourth-order valence-electron chi connectivity index (χ4n) is 11.6. The molecule has 4 aromatic heterocycles. The molecule has 4 N–H and O–H groups in total. The van der Waals surface area contributed by atoms with E-state index in [2.05, 4.69) is 63.3 Å². The number of nitrogen functional groups attached to an aromatic ring is 1. The molecule has 83 heavy (non-hydrogen) atoms. The highest BCUT2D eigenvalue weighted by atomic mass is 35.5. The lowest BCUT2D eigenvalue weighted by Gasteiger charge is -2.44. The maximum Gasteiger partial charge on any atom is 0.246 e. The molecule has 420 valence electrons. The van der Waals surface area contributed by atoms with Crippen LogP contribution in [0.15, 0.2) is 140 Å². The third-order valence-corrected chi connectivity index (χ3v) is 16.3. The Balaban J connectivity index is 0.000000183. The summed E-state index contributed by atoms with van der Waals surface area (Å²) < 4.78 is 33.1. The number of aromatic nitrogens is 8. The van der Waals surface area contributed by atoms with Crippen molar-refractivity contribution in [3.8, 4) is 22.3 Å². The van der Waals surface area contributed by atoms with E-state index in [4.69, 9.17) is 33.9 Å². The van der Waals surface area contributed by atoms with Crippen LogP contribution >= 0.6 is 23.2 Å². The van der Waals surface area contributed by atoms with Crippen LogP contribution in [0.1, 0.15) is 49.9 Å². The molecule has 12 rings (SSSR count). The number of carbonyl (C=O) groups excluding carboxylic acids is 2. The molecule has 4 atom stereocenters. The molecule has 0 saturated carbocycles. The molecule has 2 fully saturated rings. The lowest BCUT2D eigenvalue weighted by atomic mass is 9.94. The highest BCUT2D eigenvalue weighted by Gasteiger charge is 2.36. The Bertz CT molecular complexity index is 4210. The number of carbonyl (C=O) groups is 2. The fraction of sp³-hybridized carbons (Fsp3) is 0.222. The summed E-state index contributed by atoms with van der Waals surface area (Å²) in [7, 11) is 0. The van der Waals surface area contributed by atoms with E-state index in [1.54, 1.807) is 21.9 Å². The summed E-state index contributed by atoms with van der Waals surface area (Å²) in [5.74, 6) is 0.494. The van der Waals surface area contributed by atoms with Crippen molar-refractivity contribution >= 4 is 108 Å². The molecule has 0 aliphatic carbocycles. The Hall–Kier alpha value is -9.13. The molecule has 2 amide bonds. The van der Waals surface area contributed by atoms with E-state index < -0.39 is 11.6 Å². The van der Waals surface area contributed by atoms with Gasteiger partial charge < -0.3 is 25.3 Å². The summed E-state index contributed by atoms with van der Waals surface area (Å²) in [6, 6.07) is 30.5. The summed E-state index contributed by atoms with van der Waals surface area (Å²) in [6.07, 6.45) is 5.39. The van der Waals surface area contributed by atoms with Crippen molar-refractivity contribution in [2.75, 3.05) is 41.7 Å². The Kier molecular flexibility index (Phi) is 15.2. The first kappa shape index (κ1) is 55.8. The molecule has 16 nitrogen and oxygen atoms in total. The van der Waals surface area contributed by atoms with Gasteiger partial charge >= 0.3 is 0 Å². The third-order valence-electron chi connectivity index (χ3n) is 15.7. The number of hydrogen-bond donors (Lipinski definition) is 3. The number of piperazine rings is 2. The number of aryl methyl sites for hydroxylation is 2. The number of nitrogens with two attached hydrogens (primary N) is 1. The molecule has 6 aromatic carbocycles. The number of halogens is 4. The molecule has 0 unspecified atom stereocenters. The van der Waals surface area contributed by atoms with Gasteiger partial charge in [0, 0.05) is 94.5 Å². The predicted octanol–water partition coefficient (Wildman–Crippen LogP) is 12.5. The predicted molar refractivity (Wildman–Crippen MR) is 328 cm³/mol. The van der Waals surface area contributed by atoms with E-state index in [-0.39, 0.29) is 74.0 Å². The van der Waals surface area contributed by atoms with Gasteiger partial charge in [0.05, 0.1) is 37.6 Å². The molecule has 20 heteroatoms. The van der Waals surface area contributed by atoms with E-state index in [1.807, 2.05) is 126 Å². The van der Waals surface area contributed by atoms with Crippen LogP contribution in [0, 0.1) is 25.5 Å². The van der Waals surface area contributed by atoms with Gasteiger partial charge in [0.2, 0.25) is 11.8 Å². The standard InChI is InChI=1S/C38H33ClFN7O.C25H25ClFN7O/c1-5-30(48)46-19-24(4)47(20-23(46)3)38-27-18-28(39)32(34(40)36(27)41-21-42-38)31-22(2)16-17-29-33(31)37(45-44-29)43-35(25-12-8-6-9-13-25)26-14-10-7-11-15-26;1-5-18(35)33-9-14(4)34(10-13(33)3)25-15-8-16(26)20(22(27)23(15)29-11-30-25)19-12(2)6-7-17-21(19)24(28)32-31-17/h5-18,21,23-24H,1,19-20H2,2-4H3,(H,44,45);5-8,11,13-14H,1,9-10H2,2-4H3,(H3,28,31,32)/t23-,24+;13-,14+/m11/s1. The summed E-state index contributed by atoms with van der Waals surface area (Å²) in [5.41, 5.74) is 13.6. The first-order valence-electron chi connectivity index (χ1n) is 27.0. The quantitative estimate of drug-likeness (QED) is 0.0919. The van der Waals surface area contributed by atoms with Crippen molar-refractivity contribution in [2.24, 2.45) is 4.99 Å². The zero-order chi connectivity index (χ0) is 58.5. The van der Waals surface area contributed by atoms with Gasteiger partial charge in [0.15, 0.2) is 23.3 Å². The number of nitrogens with zero attached hydrogens (tertiary/aromatic N) is 11. The maximum absolute atomic E-state index is 17.0. The maximum atomic E-state index is 17.0. The second kappa shape index (κ2) is 22.7. The molecule has 0 bridgehead atoms. The zero-order valence-electron chi connectivity index (χ0n) is 46.4. The van der Waals surface area contributed by atoms with Crippen LogP contribution in [0.4, 0.5) is 32.1 Å². The molecular weight excluding hydrogens is 1090 g/mol. The first-order chi connectivity index (χ1) is 40.0.